The van der Waals surface area contributed by atoms with Gasteiger partial charge in [0.1, 0.15) is 5.69 Å². The van der Waals surface area contributed by atoms with Gasteiger partial charge in [-0.25, -0.2) is 9.97 Å². The van der Waals surface area contributed by atoms with Crippen LogP contribution in [0.2, 0.25) is 0 Å². The molecule has 0 aliphatic heterocycles. The fourth-order valence-corrected chi connectivity index (χ4v) is 2.47. The predicted molar refractivity (Wildman–Crippen MR) is 96.0 cm³/mol. The van der Waals surface area contributed by atoms with Crippen molar-refractivity contribution in [3.05, 3.63) is 46.2 Å². The fraction of sp³-hybridized carbons (Fsp3) is 0.353. The van der Waals surface area contributed by atoms with E-state index in [9.17, 15) is 4.79 Å². The lowest BCUT2D eigenvalue weighted by Crippen LogP contribution is -2.26. The van der Waals surface area contributed by atoms with Gasteiger partial charge in [-0.05, 0) is 49.1 Å². The second kappa shape index (κ2) is 8.06. The smallest absolute Gasteiger partial charge is 0.270 e. The lowest BCUT2D eigenvalue weighted by Gasteiger charge is -2.10. The molecule has 0 bridgehead atoms. The molecule has 0 saturated carbocycles. The zero-order chi connectivity index (χ0) is 16.8. The van der Waals surface area contributed by atoms with Gasteiger partial charge in [0, 0.05) is 22.9 Å². The Labute approximate surface area is 145 Å². The van der Waals surface area contributed by atoms with E-state index >= 15 is 0 Å². The third kappa shape index (κ3) is 5.32. The van der Waals surface area contributed by atoms with Gasteiger partial charge in [0.15, 0.2) is 0 Å². The lowest BCUT2D eigenvalue weighted by atomic mass is 10.1. The number of benzene rings is 1. The lowest BCUT2D eigenvalue weighted by molar-refractivity contribution is 0.0947. The maximum atomic E-state index is 12.1. The minimum Gasteiger partial charge on any atom is -0.351 e. The normalized spacial score (nSPS) is 10.7. The van der Waals surface area contributed by atoms with Crippen LogP contribution in [0.3, 0.4) is 0 Å². The molecule has 5 nitrogen and oxygen atoms in total. The zero-order valence-corrected chi connectivity index (χ0v) is 15.1. The summed E-state index contributed by atoms with van der Waals surface area (Å²) < 4.78 is 1.01. The molecule has 2 aromatic rings. The van der Waals surface area contributed by atoms with Gasteiger partial charge in [0.05, 0.1) is 0 Å². The van der Waals surface area contributed by atoms with Gasteiger partial charge in [-0.2, -0.15) is 0 Å². The van der Waals surface area contributed by atoms with Crippen molar-refractivity contribution in [2.45, 2.75) is 27.2 Å². The van der Waals surface area contributed by atoms with Gasteiger partial charge >= 0.3 is 0 Å². The van der Waals surface area contributed by atoms with Crippen molar-refractivity contribution in [2.24, 2.45) is 5.92 Å². The summed E-state index contributed by atoms with van der Waals surface area (Å²) in [6, 6.07) is 7.51. The Hall–Kier alpha value is -1.95. The Morgan fingerprint density at radius 3 is 2.78 bits per heavy atom. The van der Waals surface area contributed by atoms with Crippen LogP contribution in [0.25, 0.3) is 0 Å². The summed E-state index contributed by atoms with van der Waals surface area (Å²) >= 11 is 3.43. The van der Waals surface area contributed by atoms with Crippen molar-refractivity contribution in [1.82, 2.24) is 15.3 Å². The molecule has 1 heterocycles. The molecule has 0 radical (unpaired) electrons. The number of hydrogen-bond acceptors (Lipinski definition) is 4. The highest BCUT2D eigenvalue weighted by Crippen LogP contribution is 2.22. The first-order valence-corrected chi connectivity index (χ1v) is 8.39. The Kier molecular flexibility index (Phi) is 6.10. The van der Waals surface area contributed by atoms with E-state index in [2.05, 4.69) is 50.4 Å². The molecule has 0 saturated heterocycles. The number of hydrogen-bond donors (Lipinski definition) is 2. The number of nitrogens with one attached hydrogen (secondary N) is 2. The molecule has 0 atom stereocenters. The maximum Gasteiger partial charge on any atom is 0.270 e. The third-order valence-corrected chi connectivity index (χ3v) is 3.82. The highest BCUT2D eigenvalue weighted by molar-refractivity contribution is 9.10. The maximum absolute atomic E-state index is 12.1. The average Bonchev–Trinajstić information content (AvgIpc) is 2.50. The van der Waals surface area contributed by atoms with Gasteiger partial charge in [-0.1, -0.05) is 29.8 Å². The van der Waals surface area contributed by atoms with Gasteiger partial charge < -0.3 is 10.6 Å². The summed E-state index contributed by atoms with van der Waals surface area (Å²) in [6.07, 6.45) is 2.53. The molecule has 2 N–H and O–H groups in total. The second-order valence-corrected chi connectivity index (χ2v) is 6.70. The van der Waals surface area contributed by atoms with Gasteiger partial charge in [-0.3, -0.25) is 4.79 Å². The number of carbonyl (C=O) groups excluding carboxylic acids is 1. The molecule has 1 amide bonds. The van der Waals surface area contributed by atoms with Crippen LogP contribution >= 0.6 is 15.9 Å². The quantitative estimate of drug-likeness (QED) is 0.797. The van der Waals surface area contributed by atoms with E-state index in [4.69, 9.17) is 0 Å². The summed E-state index contributed by atoms with van der Waals surface area (Å²) in [6.45, 7) is 6.89. The van der Waals surface area contributed by atoms with Gasteiger partial charge in [-0.15, -0.1) is 0 Å². The SMILES string of the molecule is Cc1cc(Br)ccc1Nc1nccc(C(=O)NCCC(C)C)n1. The van der Waals surface area contributed by atoms with Crippen molar-refractivity contribution < 1.29 is 4.79 Å². The molecule has 0 aliphatic rings. The molecule has 1 aromatic carbocycles. The number of anilines is 2. The number of amides is 1. The number of rotatable bonds is 6. The van der Waals surface area contributed by atoms with Crippen LogP contribution in [0.4, 0.5) is 11.6 Å². The Morgan fingerprint density at radius 1 is 1.30 bits per heavy atom. The Bertz CT molecular complexity index is 688. The van der Waals surface area contributed by atoms with Crippen molar-refractivity contribution in [3.8, 4) is 0 Å². The average molecular weight is 377 g/mol. The summed E-state index contributed by atoms with van der Waals surface area (Å²) in [4.78, 5) is 20.6. The number of halogens is 1. The van der Waals surface area contributed by atoms with E-state index < -0.39 is 0 Å². The van der Waals surface area contributed by atoms with Crippen LogP contribution in [0.1, 0.15) is 36.3 Å². The van der Waals surface area contributed by atoms with Crippen LogP contribution in [-0.2, 0) is 0 Å². The largest absolute Gasteiger partial charge is 0.351 e. The topological polar surface area (TPSA) is 66.9 Å². The summed E-state index contributed by atoms with van der Waals surface area (Å²) in [5.41, 5.74) is 2.33. The molecule has 1 aromatic heterocycles. The van der Waals surface area contributed by atoms with Crippen LogP contribution < -0.4 is 10.6 Å². The second-order valence-electron chi connectivity index (χ2n) is 5.79. The van der Waals surface area contributed by atoms with Crippen LogP contribution in [-0.4, -0.2) is 22.4 Å². The molecular weight excluding hydrogens is 356 g/mol. The minimum atomic E-state index is -0.177. The highest BCUT2D eigenvalue weighted by atomic mass is 79.9. The van der Waals surface area contributed by atoms with E-state index in [0.29, 0.717) is 24.1 Å². The number of aromatic nitrogens is 2. The molecule has 0 aliphatic carbocycles. The zero-order valence-electron chi connectivity index (χ0n) is 13.6. The van der Waals surface area contributed by atoms with Crippen molar-refractivity contribution >= 4 is 33.5 Å². The molecule has 0 spiro atoms. The van der Waals surface area contributed by atoms with E-state index in [0.717, 1.165) is 22.1 Å². The van der Waals surface area contributed by atoms with E-state index in [-0.39, 0.29) is 5.91 Å². The molecule has 0 unspecified atom stereocenters. The summed E-state index contributed by atoms with van der Waals surface area (Å²) in [5.74, 6) is 0.786. The minimum absolute atomic E-state index is 0.177. The molecule has 122 valence electrons. The summed E-state index contributed by atoms with van der Waals surface area (Å²) in [5, 5.41) is 6.02. The van der Waals surface area contributed by atoms with Crippen molar-refractivity contribution in [1.29, 1.82) is 0 Å². The third-order valence-electron chi connectivity index (χ3n) is 3.33. The number of aryl methyl sites for hydroxylation is 1. The van der Waals surface area contributed by atoms with E-state index in [1.165, 1.54) is 0 Å². The fourth-order valence-electron chi connectivity index (χ4n) is 2.00. The summed E-state index contributed by atoms with van der Waals surface area (Å²) in [7, 11) is 0. The Morgan fingerprint density at radius 2 is 2.09 bits per heavy atom. The van der Waals surface area contributed by atoms with Crippen LogP contribution in [0.5, 0.6) is 0 Å². The first-order chi connectivity index (χ1) is 11.0. The predicted octanol–water partition coefficient (Wildman–Crippen LogP) is 4.07. The standard InChI is InChI=1S/C17H21BrN4O/c1-11(2)6-8-19-16(23)15-7-9-20-17(22-15)21-14-5-4-13(18)10-12(14)3/h4-5,7,9-11H,6,8H2,1-3H3,(H,19,23)(H,20,21,22). The van der Waals surface area contributed by atoms with E-state index in [1.54, 1.807) is 12.3 Å². The number of carbonyl (C=O) groups is 1. The molecule has 2 rings (SSSR count). The molecule has 23 heavy (non-hydrogen) atoms. The van der Waals surface area contributed by atoms with Crippen LogP contribution in [0.15, 0.2) is 34.9 Å². The highest BCUT2D eigenvalue weighted by Gasteiger charge is 2.09. The first-order valence-electron chi connectivity index (χ1n) is 7.60. The van der Waals surface area contributed by atoms with Gasteiger partial charge in [0.2, 0.25) is 5.95 Å². The van der Waals surface area contributed by atoms with Crippen molar-refractivity contribution in [3.63, 3.8) is 0 Å². The number of nitrogens with zero attached hydrogens (tertiary/aromatic N) is 2. The monoisotopic (exact) mass is 376 g/mol. The molecule has 0 fully saturated rings. The van der Waals surface area contributed by atoms with Crippen molar-refractivity contribution in [2.75, 3.05) is 11.9 Å². The molecule has 6 heteroatoms. The van der Waals surface area contributed by atoms with Crippen LogP contribution in [0, 0.1) is 12.8 Å². The van der Waals surface area contributed by atoms with Gasteiger partial charge in [0.25, 0.3) is 5.91 Å². The molecular formula is C17H21BrN4O. The Balaban J connectivity index is 2.06. The van der Waals surface area contributed by atoms with E-state index in [1.807, 2.05) is 25.1 Å². The first kappa shape index (κ1) is 17.4.